The molecule has 3 rings (SSSR count). The van der Waals surface area contributed by atoms with Gasteiger partial charge in [0.1, 0.15) is 23.0 Å². The Morgan fingerprint density at radius 1 is 0.500 bits per heavy atom. The lowest BCUT2D eigenvalue weighted by Gasteiger charge is -2.09. The van der Waals surface area contributed by atoms with Crippen LogP contribution in [0.4, 0.5) is 0 Å². The maximum atomic E-state index is 11.1. The summed E-state index contributed by atoms with van der Waals surface area (Å²) in [5, 5.41) is 0. The largest absolute Gasteiger partial charge is 0.457 e. The molecule has 0 saturated carbocycles. The van der Waals surface area contributed by atoms with Crippen LogP contribution < -0.4 is 20.9 Å². The van der Waals surface area contributed by atoms with Crippen molar-refractivity contribution in [3.8, 4) is 23.0 Å². The summed E-state index contributed by atoms with van der Waals surface area (Å²) in [6, 6.07) is 20.1. The lowest BCUT2D eigenvalue weighted by Crippen LogP contribution is -2.10. The number of amides is 2. The van der Waals surface area contributed by atoms with E-state index in [1.165, 1.54) is 0 Å². The minimum absolute atomic E-state index is 0.420. The van der Waals surface area contributed by atoms with E-state index >= 15 is 0 Å². The molecule has 0 aliphatic carbocycles. The molecule has 6 heteroatoms. The molecule has 3 aromatic carbocycles. The second kappa shape index (κ2) is 7.40. The standard InChI is InChI=1S/C20H16N2O4/c21-19(23)13-1-5-15(6-2-13)25-17-9-11-18(12-10-17)26-16-7-3-14(4-8-16)20(22)24/h1-12H,(H2,21,23)(H2,22,24). The van der Waals surface area contributed by atoms with Crippen LogP contribution in [0.2, 0.25) is 0 Å². The lowest BCUT2D eigenvalue weighted by molar-refractivity contribution is 0.0992. The number of rotatable bonds is 6. The number of hydrogen-bond acceptors (Lipinski definition) is 4. The molecule has 26 heavy (non-hydrogen) atoms. The summed E-state index contributed by atoms with van der Waals surface area (Å²) >= 11 is 0. The van der Waals surface area contributed by atoms with Crippen molar-refractivity contribution < 1.29 is 19.1 Å². The van der Waals surface area contributed by atoms with Gasteiger partial charge in [-0.2, -0.15) is 0 Å². The average Bonchev–Trinajstić information content (AvgIpc) is 2.64. The first-order valence-corrected chi connectivity index (χ1v) is 7.77. The molecule has 0 aliphatic rings. The van der Waals surface area contributed by atoms with E-state index < -0.39 is 11.8 Å². The number of ether oxygens (including phenoxy) is 2. The Labute approximate surface area is 150 Å². The van der Waals surface area contributed by atoms with Crippen LogP contribution in [-0.2, 0) is 0 Å². The molecule has 0 spiro atoms. The van der Waals surface area contributed by atoms with Gasteiger partial charge >= 0.3 is 0 Å². The van der Waals surface area contributed by atoms with Gasteiger partial charge in [-0.1, -0.05) is 0 Å². The summed E-state index contributed by atoms with van der Waals surface area (Å²) in [5.41, 5.74) is 11.2. The Morgan fingerprint density at radius 3 is 0.962 bits per heavy atom. The Balaban J connectivity index is 1.64. The normalized spacial score (nSPS) is 10.2. The number of primary amides is 2. The highest BCUT2D eigenvalue weighted by Crippen LogP contribution is 2.27. The summed E-state index contributed by atoms with van der Waals surface area (Å²) in [6.07, 6.45) is 0. The molecule has 2 amide bonds. The second-order valence-corrected chi connectivity index (χ2v) is 5.45. The Kier molecular flexibility index (Phi) is 4.85. The van der Waals surface area contributed by atoms with Gasteiger partial charge in [0.05, 0.1) is 0 Å². The Bertz CT molecular complexity index is 839. The quantitative estimate of drug-likeness (QED) is 0.711. The number of carbonyl (C=O) groups is 2. The van der Waals surface area contributed by atoms with Crippen molar-refractivity contribution in [3.63, 3.8) is 0 Å². The minimum Gasteiger partial charge on any atom is -0.457 e. The SMILES string of the molecule is NC(=O)c1ccc(Oc2ccc(Oc3ccc(C(N)=O)cc3)cc2)cc1. The first kappa shape index (κ1) is 17.0. The third-order valence-corrected chi connectivity index (χ3v) is 3.57. The van der Waals surface area contributed by atoms with E-state index in [0.29, 0.717) is 34.1 Å². The fourth-order valence-corrected chi connectivity index (χ4v) is 2.22. The molecule has 0 unspecified atom stereocenters. The van der Waals surface area contributed by atoms with Crippen molar-refractivity contribution in [1.82, 2.24) is 0 Å². The van der Waals surface area contributed by atoms with Gasteiger partial charge in [-0.3, -0.25) is 9.59 Å². The molecule has 130 valence electrons. The first-order chi connectivity index (χ1) is 12.5. The zero-order valence-electron chi connectivity index (χ0n) is 13.7. The van der Waals surface area contributed by atoms with Crippen LogP contribution in [0.1, 0.15) is 20.7 Å². The van der Waals surface area contributed by atoms with Crippen molar-refractivity contribution in [2.75, 3.05) is 0 Å². The van der Waals surface area contributed by atoms with Crippen molar-refractivity contribution in [3.05, 3.63) is 83.9 Å². The molecule has 0 bridgehead atoms. The molecule has 0 atom stereocenters. The van der Waals surface area contributed by atoms with Gasteiger partial charge in [-0.15, -0.1) is 0 Å². The zero-order valence-corrected chi connectivity index (χ0v) is 13.7. The molecule has 0 fully saturated rings. The first-order valence-electron chi connectivity index (χ1n) is 7.77. The molecular weight excluding hydrogens is 332 g/mol. The van der Waals surface area contributed by atoms with E-state index in [4.69, 9.17) is 20.9 Å². The van der Waals surface area contributed by atoms with E-state index in [1.54, 1.807) is 72.8 Å². The summed E-state index contributed by atoms with van der Waals surface area (Å²) < 4.78 is 11.4. The fraction of sp³-hybridized carbons (Fsp3) is 0. The summed E-state index contributed by atoms with van der Waals surface area (Å²) in [4.78, 5) is 22.1. The number of carbonyl (C=O) groups excluding carboxylic acids is 2. The Hall–Kier alpha value is -3.80. The van der Waals surface area contributed by atoms with Gasteiger partial charge in [0.2, 0.25) is 11.8 Å². The van der Waals surface area contributed by atoms with Crippen LogP contribution in [0.3, 0.4) is 0 Å². The lowest BCUT2D eigenvalue weighted by atomic mass is 10.2. The van der Waals surface area contributed by atoms with Gasteiger partial charge in [-0.25, -0.2) is 0 Å². The summed E-state index contributed by atoms with van der Waals surface area (Å²) in [7, 11) is 0. The summed E-state index contributed by atoms with van der Waals surface area (Å²) in [6.45, 7) is 0. The van der Waals surface area contributed by atoms with Crippen molar-refractivity contribution in [2.45, 2.75) is 0 Å². The zero-order chi connectivity index (χ0) is 18.5. The predicted molar refractivity (Wildman–Crippen MR) is 96.5 cm³/mol. The predicted octanol–water partition coefficient (Wildman–Crippen LogP) is 3.47. The average molecular weight is 348 g/mol. The van der Waals surface area contributed by atoms with Crippen molar-refractivity contribution >= 4 is 11.8 Å². The highest BCUT2D eigenvalue weighted by atomic mass is 16.5. The molecule has 6 nitrogen and oxygen atoms in total. The van der Waals surface area contributed by atoms with E-state index in [0.717, 1.165) is 0 Å². The van der Waals surface area contributed by atoms with Gasteiger partial charge in [0, 0.05) is 11.1 Å². The smallest absolute Gasteiger partial charge is 0.248 e. The van der Waals surface area contributed by atoms with E-state index in [2.05, 4.69) is 0 Å². The van der Waals surface area contributed by atoms with Crippen LogP contribution in [0.5, 0.6) is 23.0 Å². The van der Waals surface area contributed by atoms with Crippen molar-refractivity contribution in [2.24, 2.45) is 11.5 Å². The molecule has 0 radical (unpaired) electrons. The molecule has 0 heterocycles. The maximum absolute atomic E-state index is 11.1. The van der Waals surface area contributed by atoms with E-state index in [1.807, 2.05) is 0 Å². The van der Waals surface area contributed by atoms with Crippen molar-refractivity contribution in [1.29, 1.82) is 0 Å². The van der Waals surface area contributed by atoms with E-state index in [-0.39, 0.29) is 0 Å². The highest BCUT2D eigenvalue weighted by molar-refractivity contribution is 5.93. The number of nitrogens with two attached hydrogens (primary N) is 2. The fourth-order valence-electron chi connectivity index (χ4n) is 2.22. The maximum Gasteiger partial charge on any atom is 0.248 e. The molecule has 3 aromatic rings. The van der Waals surface area contributed by atoms with E-state index in [9.17, 15) is 9.59 Å². The number of hydrogen-bond donors (Lipinski definition) is 2. The monoisotopic (exact) mass is 348 g/mol. The van der Waals surface area contributed by atoms with Crippen LogP contribution in [0.25, 0.3) is 0 Å². The minimum atomic E-state index is -0.484. The third-order valence-electron chi connectivity index (χ3n) is 3.57. The third kappa shape index (κ3) is 4.18. The highest BCUT2D eigenvalue weighted by Gasteiger charge is 2.04. The molecule has 0 aromatic heterocycles. The topological polar surface area (TPSA) is 105 Å². The summed E-state index contributed by atoms with van der Waals surface area (Å²) in [5.74, 6) is 1.45. The van der Waals surface area contributed by atoms with Gasteiger partial charge in [-0.05, 0) is 72.8 Å². The Morgan fingerprint density at radius 2 is 0.731 bits per heavy atom. The van der Waals surface area contributed by atoms with Gasteiger partial charge < -0.3 is 20.9 Å². The van der Waals surface area contributed by atoms with Crippen LogP contribution >= 0.6 is 0 Å². The van der Waals surface area contributed by atoms with Crippen LogP contribution in [0, 0.1) is 0 Å². The van der Waals surface area contributed by atoms with Gasteiger partial charge in [0.25, 0.3) is 0 Å². The number of benzene rings is 3. The van der Waals surface area contributed by atoms with Crippen LogP contribution in [0.15, 0.2) is 72.8 Å². The second-order valence-electron chi connectivity index (χ2n) is 5.45. The molecule has 0 saturated heterocycles. The van der Waals surface area contributed by atoms with Gasteiger partial charge in [0.15, 0.2) is 0 Å². The molecule has 4 N–H and O–H groups in total. The molecular formula is C20H16N2O4. The van der Waals surface area contributed by atoms with Crippen LogP contribution in [-0.4, -0.2) is 11.8 Å². The molecule has 0 aliphatic heterocycles.